The highest BCUT2D eigenvalue weighted by molar-refractivity contribution is 7.98. The Bertz CT molecular complexity index is 1260. The fourth-order valence-electron chi connectivity index (χ4n) is 2.88. The van der Waals surface area contributed by atoms with Crippen LogP contribution in [0.2, 0.25) is 0 Å². The molecule has 0 fully saturated rings. The molecule has 7 nitrogen and oxygen atoms in total. The van der Waals surface area contributed by atoms with E-state index in [1.807, 2.05) is 18.4 Å². The third-order valence-electron chi connectivity index (χ3n) is 4.38. The van der Waals surface area contributed by atoms with E-state index < -0.39 is 5.91 Å². The van der Waals surface area contributed by atoms with Crippen molar-refractivity contribution in [2.75, 3.05) is 11.6 Å². The normalized spacial score (nSPS) is 10.7. The van der Waals surface area contributed by atoms with Crippen molar-refractivity contribution in [1.82, 2.24) is 9.97 Å². The quantitative estimate of drug-likeness (QED) is 0.402. The van der Waals surface area contributed by atoms with E-state index in [1.54, 1.807) is 48.2 Å². The third kappa shape index (κ3) is 5.01. The number of fused-ring (bicyclic) bond motifs is 1. The number of benzene rings is 2. The molecule has 0 unspecified atom stereocenters. The molecule has 9 heteroatoms. The lowest BCUT2D eigenvalue weighted by molar-refractivity contribution is -0.115. The highest BCUT2D eigenvalue weighted by Gasteiger charge is 2.12. The minimum absolute atomic E-state index is 0.140. The number of rotatable bonds is 7. The van der Waals surface area contributed by atoms with Gasteiger partial charge in [0.1, 0.15) is 11.3 Å². The molecule has 0 aliphatic carbocycles. The molecule has 31 heavy (non-hydrogen) atoms. The summed E-state index contributed by atoms with van der Waals surface area (Å²) in [5, 5.41) is 3.44. The Hall–Kier alpha value is -3.43. The van der Waals surface area contributed by atoms with Gasteiger partial charge in [-0.2, -0.15) is 0 Å². The van der Waals surface area contributed by atoms with Crippen molar-refractivity contribution in [1.29, 1.82) is 0 Å². The number of hydrogen-bond donors (Lipinski definition) is 2. The molecule has 3 N–H and O–H groups in total. The molecule has 0 aliphatic rings. The van der Waals surface area contributed by atoms with E-state index in [1.165, 1.54) is 17.5 Å². The number of anilines is 1. The molecule has 0 aliphatic heterocycles. The van der Waals surface area contributed by atoms with Crippen molar-refractivity contribution in [3.63, 3.8) is 0 Å². The first-order chi connectivity index (χ1) is 15.0. The predicted molar refractivity (Wildman–Crippen MR) is 123 cm³/mol. The number of ether oxygens (including phenoxy) is 1. The molecule has 0 atom stereocenters. The number of thioether (sulfide) groups is 1. The van der Waals surface area contributed by atoms with Crippen LogP contribution >= 0.6 is 23.1 Å². The zero-order valence-electron chi connectivity index (χ0n) is 16.5. The summed E-state index contributed by atoms with van der Waals surface area (Å²) in [6, 6.07) is 16.2. The number of carbonyl (C=O) groups excluding carboxylic acids is 2. The summed E-state index contributed by atoms with van der Waals surface area (Å²) in [7, 11) is 0. The number of hydrogen-bond acceptors (Lipinski definition) is 7. The summed E-state index contributed by atoms with van der Waals surface area (Å²) in [5.41, 5.74) is 7.22. The molecule has 0 spiro atoms. The summed E-state index contributed by atoms with van der Waals surface area (Å²) in [6.45, 7) is 0. The van der Waals surface area contributed by atoms with E-state index in [2.05, 4.69) is 21.4 Å². The fraction of sp³-hybridized carbons (Fsp3) is 0.0909. The maximum absolute atomic E-state index is 12.4. The van der Waals surface area contributed by atoms with Crippen molar-refractivity contribution in [2.45, 2.75) is 11.3 Å². The van der Waals surface area contributed by atoms with Crippen LogP contribution in [0.5, 0.6) is 11.6 Å². The first kappa shape index (κ1) is 20.8. The molecule has 156 valence electrons. The van der Waals surface area contributed by atoms with Gasteiger partial charge in [-0.05, 0) is 54.3 Å². The van der Waals surface area contributed by atoms with Crippen molar-refractivity contribution in [2.24, 2.45) is 5.73 Å². The predicted octanol–water partition coefficient (Wildman–Crippen LogP) is 4.49. The number of primary amides is 1. The molecule has 2 heterocycles. The minimum atomic E-state index is -0.615. The van der Waals surface area contributed by atoms with Gasteiger partial charge in [0.2, 0.25) is 11.8 Å². The number of amides is 2. The Morgan fingerprint density at radius 2 is 1.97 bits per heavy atom. The molecule has 4 rings (SSSR count). The second-order valence-corrected chi connectivity index (χ2v) is 8.45. The molecule has 2 amide bonds. The fourth-order valence-corrected chi connectivity index (χ4v) is 4.32. The monoisotopic (exact) mass is 450 g/mol. The van der Waals surface area contributed by atoms with Gasteiger partial charge in [0, 0.05) is 11.1 Å². The Morgan fingerprint density at radius 1 is 1.16 bits per heavy atom. The number of pyridine rings is 1. The Kier molecular flexibility index (Phi) is 6.15. The van der Waals surface area contributed by atoms with Gasteiger partial charge < -0.3 is 15.8 Å². The van der Waals surface area contributed by atoms with Crippen LogP contribution in [0.1, 0.15) is 15.9 Å². The molecule has 0 bridgehead atoms. The Morgan fingerprint density at radius 3 is 2.71 bits per heavy atom. The van der Waals surface area contributed by atoms with Gasteiger partial charge >= 0.3 is 0 Å². The van der Waals surface area contributed by atoms with E-state index >= 15 is 0 Å². The summed E-state index contributed by atoms with van der Waals surface area (Å²) in [5.74, 6) is -0.142. The number of nitrogens with two attached hydrogens (primary N) is 1. The van der Waals surface area contributed by atoms with Crippen LogP contribution in [0.4, 0.5) is 5.13 Å². The molecule has 2 aromatic carbocycles. The van der Waals surface area contributed by atoms with Crippen LogP contribution < -0.4 is 15.8 Å². The second-order valence-electron chi connectivity index (χ2n) is 6.54. The van der Waals surface area contributed by atoms with Crippen molar-refractivity contribution >= 4 is 50.3 Å². The van der Waals surface area contributed by atoms with Crippen molar-refractivity contribution < 1.29 is 14.3 Å². The van der Waals surface area contributed by atoms with Gasteiger partial charge in [-0.15, -0.1) is 11.8 Å². The summed E-state index contributed by atoms with van der Waals surface area (Å²) >= 11 is 3.12. The minimum Gasteiger partial charge on any atom is -0.438 e. The van der Waals surface area contributed by atoms with Gasteiger partial charge in [0.05, 0.1) is 16.6 Å². The number of nitrogens with zero attached hydrogens (tertiary/aromatic N) is 2. The number of nitrogens with one attached hydrogen (secondary N) is 1. The van der Waals surface area contributed by atoms with E-state index in [0.29, 0.717) is 10.9 Å². The van der Waals surface area contributed by atoms with Gasteiger partial charge in [0.25, 0.3) is 5.91 Å². The van der Waals surface area contributed by atoms with Crippen LogP contribution in [0.3, 0.4) is 0 Å². The largest absolute Gasteiger partial charge is 0.438 e. The van der Waals surface area contributed by atoms with E-state index in [4.69, 9.17) is 10.5 Å². The van der Waals surface area contributed by atoms with Gasteiger partial charge in [-0.1, -0.05) is 23.5 Å². The molecule has 0 saturated heterocycles. The number of carbonyl (C=O) groups is 2. The smallest absolute Gasteiger partial charge is 0.254 e. The molecular formula is C22H18N4O3S2. The first-order valence-electron chi connectivity index (χ1n) is 9.28. The highest BCUT2D eigenvalue weighted by Crippen LogP contribution is 2.29. The van der Waals surface area contributed by atoms with Crippen LogP contribution in [-0.2, 0) is 11.2 Å². The maximum atomic E-state index is 12.4. The molecule has 0 radical (unpaired) electrons. The second kappa shape index (κ2) is 9.15. The molecular weight excluding hydrogens is 432 g/mol. The number of aromatic nitrogens is 2. The summed E-state index contributed by atoms with van der Waals surface area (Å²) in [4.78, 5) is 33.6. The topological polar surface area (TPSA) is 107 Å². The lowest BCUT2D eigenvalue weighted by Gasteiger charge is -2.08. The molecule has 2 aromatic heterocycles. The average Bonchev–Trinajstić information content (AvgIpc) is 3.16. The van der Waals surface area contributed by atoms with E-state index in [0.717, 1.165) is 20.7 Å². The Balaban J connectivity index is 1.40. The zero-order chi connectivity index (χ0) is 21.8. The SMILES string of the molecule is CSc1ccc2nc(NC(=O)Cc3ccc(Oc4ncccc4C(N)=O)cc3)sc2c1. The van der Waals surface area contributed by atoms with Crippen molar-refractivity contribution in [3.8, 4) is 11.6 Å². The third-order valence-corrected chi connectivity index (χ3v) is 6.04. The molecule has 4 aromatic rings. The summed E-state index contributed by atoms with van der Waals surface area (Å²) in [6.07, 6.45) is 3.74. The standard InChI is InChI=1S/C22H18N4O3S2/c1-30-15-8-9-17-18(12-15)31-22(25-17)26-19(27)11-13-4-6-14(7-5-13)29-21-16(20(23)28)3-2-10-24-21/h2-10,12H,11H2,1H3,(H2,23,28)(H,25,26,27). The highest BCUT2D eigenvalue weighted by atomic mass is 32.2. The maximum Gasteiger partial charge on any atom is 0.254 e. The zero-order valence-corrected chi connectivity index (χ0v) is 18.1. The van der Waals surface area contributed by atoms with E-state index in [-0.39, 0.29) is 23.8 Å². The van der Waals surface area contributed by atoms with Crippen LogP contribution in [0.25, 0.3) is 10.2 Å². The Labute approximate surface area is 186 Å². The van der Waals surface area contributed by atoms with Crippen molar-refractivity contribution in [3.05, 3.63) is 71.9 Å². The van der Waals surface area contributed by atoms with Crippen LogP contribution in [0, 0.1) is 0 Å². The van der Waals surface area contributed by atoms with E-state index in [9.17, 15) is 9.59 Å². The number of thiazole rings is 1. The van der Waals surface area contributed by atoms with Crippen LogP contribution in [0.15, 0.2) is 65.7 Å². The summed E-state index contributed by atoms with van der Waals surface area (Å²) < 4.78 is 6.69. The van der Waals surface area contributed by atoms with Gasteiger partial charge in [0.15, 0.2) is 5.13 Å². The molecule has 0 saturated carbocycles. The lowest BCUT2D eigenvalue weighted by atomic mass is 10.1. The van der Waals surface area contributed by atoms with Gasteiger partial charge in [-0.25, -0.2) is 9.97 Å². The lowest BCUT2D eigenvalue weighted by Crippen LogP contribution is -2.14. The average molecular weight is 451 g/mol. The van der Waals surface area contributed by atoms with Crippen LogP contribution in [-0.4, -0.2) is 28.0 Å². The van der Waals surface area contributed by atoms with Gasteiger partial charge in [-0.3, -0.25) is 9.59 Å². The first-order valence-corrected chi connectivity index (χ1v) is 11.3.